The number of anilines is 2. The van der Waals surface area contributed by atoms with Gasteiger partial charge >= 0.3 is 5.97 Å². The van der Waals surface area contributed by atoms with Gasteiger partial charge in [-0.2, -0.15) is 0 Å². The van der Waals surface area contributed by atoms with E-state index in [1.54, 1.807) is 13.8 Å². The minimum Gasteiger partial charge on any atom is -0.468 e. The molecule has 0 radical (unpaired) electrons. The number of nitrogens with two attached hydrogens (primary N) is 1. The summed E-state index contributed by atoms with van der Waals surface area (Å²) in [6.45, 7) is 3.58. The van der Waals surface area contributed by atoms with Crippen molar-refractivity contribution in [1.29, 1.82) is 0 Å². The maximum Gasteiger partial charge on any atom is 0.325 e. The molecule has 0 bridgehead atoms. The first-order valence-electron chi connectivity index (χ1n) is 4.46. The summed E-state index contributed by atoms with van der Waals surface area (Å²) in [5.41, 5.74) is 6.38. The van der Waals surface area contributed by atoms with Crippen LogP contribution in [-0.4, -0.2) is 29.6 Å². The lowest BCUT2D eigenvalue weighted by molar-refractivity contribution is -0.138. The third-order valence-corrected chi connectivity index (χ3v) is 1.92. The number of ether oxygens (including phenoxy) is 1. The number of carbonyl (C=O) groups excluding carboxylic acids is 1. The van der Waals surface area contributed by atoms with Gasteiger partial charge in [-0.05, 0) is 13.8 Å². The first-order chi connectivity index (χ1) is 7.04. The Morgan fingerprint density at radius 2 is 2.13 bits per heavy atom. The molecule has 0 aliphatic heterocycles. The van der Waals surface area contributed by atoms with E-state index in [9.17, 15) is 4.79 Å². The molecule has 0 aliphatic rings. The van der Waals surface area contributed by atoms with E-state index in [1.165, 1.54) is 7.11 Å². The van der Waals surface area contributed by atoms with E-state index >= 15 is 0 Å². The molecule has 0 amide bonds. The van der Waals surface area contributed by atoms with Crippen molar-refractivity contribution in [2.45, 2.75) is 13.8 Å². The van der Waals surface area contributed by atoms with Crippen LogP contribution < -0.4 is 11.1 Å². The fourth-order valence-electron chi connectivity index (χ4n) is 1.05. The van der Waals surface area contributed by atoms with Gasteiger partial charge in [-0.1, -0.05) is 0 Å². The van der Waals surface area contributed by atoms with Gasteiger partial charge in [-0.3, -0.25) is 4.79 Å². The van der Waals surface area contributed by atoms with Crippen molar-refractivity contribution in [3.05, 3.63) is 11.4 Å². The van der Waals surface area contributed by atoms with E-state index in [0.29, 0.717) is 17.5 Å². The Labute approximate surface area is 87.9 Å². The largest absolute Gasteiger partial charge is 0.468 e. The number of nitrogens with one attached hydrogen (secondary N) is 1. The summed E-state index contributed by atoms with van der Waals surface area (Å²) in [5, 5.41) is 2.84. The first kappa shape index (κ1) is 11.2. The molecule has 0 aliphatic carbocycles. The zero-order valence-corrected chi connectivity index (χ0v) is 9.00. The number of rotatable bonds is 3. The lowest BCUT2D eigenvalue weighted by Crippen LogP contribution is -2.17. The second kappa shape index (κ2) is 4.59. The van der Waals surface area contributed by atoms with Crippen LogP contribution in [0.4, 0.5) is 11.6 Å². The van der Waals surface area contributed by atoms with E-state index in [-0.39, 0.29) is 12.5 Å². The Bertz CT molecular complexity index is 379. The van der Waals surface area contributed by atoms with Crippen LogP contribution in [-0.2, 0) is 9.53 Å². The summed E-state index contributed by atoms with van der Waals surface area (Å²) in [4.78, 5) is 19.0. The second-order valence-corrected chi connectivity index (χ2v) is 3.06. The number of carbonyl (C=O) groups is 1. The zero-order chi connectivity index (χ0) is 11.4. The molecule has 0 unspecified atom stereocenters. The fraction of sp³-hybridized carbons (Fsp3) is 0.444. The number of hydrogen-bond acceptors (Lipinski definition) is 6. The minimum absolute atomic E-state index is 0.0627. The summed E-state index contributed by atoms with van der Waals surface area (Å²) >= 11 is 0. The van der Waals surface area contributed by atoms with Crippen LogP contribution in [0, 0.1) is 13.8 Å². The van der Waals surface area contributed by atoms with Gasteiger partial charge in [0.25, 0.3) is 0 Å². The highest BCUT2D eigenvalue weighted by Crippen LogP contribution is 2.16. The number of methoxy groups -OCH3 is 1. The third kappa shape index (κ3) is 2.80. The Morgan fingerprint density at radius 1 is 1.47 bits per heavy atom. The second-order valence-electron chi connectivity index (χ2n) is 3.06. The Balaban J connectivity index is 2.81. The van der Waals surface area contributed by atoms with Gasteiger partial charge in [0.2, 0.25) is 0 Å². The molecule has 0 atom stereocenters. The van der Waals surface area contributed by atoms with E-state index in [0.717, 1.165) is 5.56 Å². The highest BCUT2D eigenvalue weighted by molar-refractivity contribution is 5.75. The van der Waals surface area contributed by atoms with E-state index in [2.05, 4.69) is 20.0 Å². The van der Waals surface area contributed by atoms with Gasteiger partial charge in [-0.15, -0.1) is 0 Å². The molecular weight excluding hydrogens is 196 g/mol. The molecule has 15 heavy (non-hydrogen) atoms. The maximum absolute atomic E-state index is 10.9. The summed E-state index contributed by atoms with van der Waals surface area (Å²) in [6.07, 6.45) is 0. The van der Waals surface area contributed by atoms with Crippen LogP contribution in [0.5, 0.6) is 0 Å². The van der Waals surface area contributed by atoms with Crippen molar-refractivity contribution in [2.75, 3.05) is 24.7 Å². The highest BCUT2D eigenvalue weighted by atomic mass is 16.5. The van der Waals surface area contributed by atoms with E-state index < -0.39 is 0 Å². The SMILES string of the molecule is COC(=O)CNc1nc(C)nc(N)c1C. The molecule has 1 heterocycles. The standard InChI is InChI=1S/C9H14N4O2/c1-5-8(10)12-6(2)13-9(5)11-4-7(14)15-3/h4H2,1-3H3,(H3,10,11,12,13). The molecule has 6 nitrogen and oxygen atoms in total. The Morgan fingerprint density at radius 3 is 2.73 bits per heavy atom. The molecule has 0 aromatic carbocycles. The quantitative estimate of drug-likeness (QED) is 0.695. The molecule has 1 rings (SSSR count). The van der Waals surface area contributed by atoms with E-state index in [4.69, 9.17) is 5.73 Å². The van der Waals surface area contributed by atoms with Crippen molar-refractivity contribution in [3.63, 3.8) is 0 Å². The molecule has 1 aromatic heterocycles. The number of nitrogen functional groups attached to an aromatic ring is 1. The van der Waals surface area contributed by atoms with Gasteiger partial charge in [0, 0.05) is 5.56 Å². The minimum atomic E-state index is -0.357. The Hall–Kier alpha value is -1.85. The molecule has 0 saturated carbocycles. The number of hydrogen-bond donors (Lipinski definition) is 2. The van der Waals surface area contributed by atoms with Crippen molar-refractivity contribution in [2.24, 2.45) is 0 Å². The molecule has 0 spiro atoms. The van der Waals surface area contributed by atoms with Crippen molar-refractivity contribution >= 4 is 17.6 Å². The predicted octanol–water partition coefficient (Wildman–Crippen LogP) is 0.261. The molecule has 1 aromatic rings. The number of esters is 1. The normalized spacial score (nSPS) is 9.80. The van der Waals surface area contributed by atoms with E-state index in [1.807, 2.05) is 0 Å². The summed E-state index contributed by atoms with van der Waals surface area (Å²) in [7, 11) is 1.33. The number of nitrogens with zero attached hydrogens (tertiary/aromatic N) is 2. The first-order valence-corrected chi connectivity index (χ1v) is 4.46. The lowest BCUT2D eigenvalue weighted by atomic mass is 10.3. The smallest absolute Gasteiger partial charge is 0.325 e. The van der Waals surface area contributed by atoms with Crippen LogP contribution in [0.2, 0.25) is 0 Å². The van der Waals surface area contributed by atoms with Crippen LogP contribution in [0.1, 0.15) is 11.4 Å². The maximum atomic E-state index is 10.9. The highest BCUT2D eigenvalue weighted by Gasteiger charge is 2.07. The summed E-state index contributed by atoms with van der Waals surface area (Å²) in [5.74, 6) is 1.18. The third-order valence-electron chi connectivity index (χ3n) is 1.92. The summed E-state index contributed by atoms with van der Waals surface area (Å²) in [6, 6.07) is 0. The van der Waals surface area contributed by atoms with Gasteiger partial charge in [-0.25, -0.2) is 9.97 Å². The van der Waals surface area contributed by atoms with Gasteiger partial charge in [0.15, 0.2) is 0 Å². The van der Waals surface area contributed by atoms with Gasteiger partial charge in [0.05, 0.1) is 7.11 Å². The zero-order valence-electron chi connectivity index (χ0n) is 9.00. The topological polar surface area (TPSA) is 90.1 Å². The van der Waals surface area contributed by atoms with Crippen LogP contribution in [0.25, 0.3) is 0 Å². The van der Waals surface area contributed by atoms with Gasteiger partial charge in [0.1, 0.15) is 24.0 Å². The monoisotopic (exact) mass is 210 g/mol. The molecule has 0 fully saturated rings. The van der Waals surface area contributed by atoms with Crippen molar-refractivity contribution in [3.8, 4) is 0 Å². The number of aryl methyl sites for hydroxylation is 1. The molecule has 6 heteroatoms. The molecular formula is C9H14N4O2. The van der Waals surface area contributed by atoms with Crippen molar-refractivity contribution in [1.82, 2.24) is 9.97 Å². The number of aromatic nitrogens is 2. The predicted molar refractivity (Wildman–Crippen MR) is 56.4 cm³/mol. The average Bonchev–Trinajstić information content (AvgIpc) is 2.20. The molecule has 82 valence electrons. The molecule has 0 saturated heterocycles. The van der Waals surface area contributed by atoms with Crippen molar-refractivity contribution < 1.29 is 9.53 Å². The average molecular weight is 210 g/mol. The van der Waals surface area contributed by atoms with Crippen LogP contribution >= 0.6 is 0 Å². The van der Waals surface area contributed by atoms with Gasteiger partial charge < -0.3 is 15.8 Å². The molecule has 3 N–H and O–H groups in total. The van der Waals surface area contributed by atoms with Crippen LogP contribution in [0.3, 0.4) is 0 Å². The lowest BCUT2D eigenvalue weighted by Gasteiger charge is -2.09. The fourth-order valence-corrected chi connectivity index (χ4v) is 1.05. The Kier molecular flexibility index (Phi) is 3.43. The summed E-state index contributed by atoms with van der Waals surface area (Å²) < 4.78 is 4.50. The van der Waals surface area contributed by atoms with Crippen LogP contribution in [0.15, 0.2) is 0 Å².